The molecule has 1 unspecified atom stereocenters. The fourth-order valence-corrected chi connectivity index (χ4v) is 5.34. The average molecular weight is 433 g/mol. The van der Waals surface area contributed by atoms with E-state index in [-0.39, 0.29) is 25.0 Å². The maximum Gasteiger partial charge on any atom is 0.312 e. The molecule has 4 aliphatic heterocycles. The molecule has 2 saturated heterocycles. The number of hydrogen-bond acceptors (Lipinski definition) is 6. The van der Waals surface area contributed by atoms with Gasteiger partial charge in [-0.3, -0.25) is 14.4 Å². The van der Waals surface area contributed by atoms with E-state index in [1.54, 1.807) is 4.90 Å². The van der Waals surface area contributed by atoms with E-state index >= 15 is 0 Å². The predicted octanol–water partition coefficient (Wildman–Crippen LogP) is 1.04. The van der Waals surface area contributed by atoms with Crippen molar-refractivity contribution in [1.29, 1.82) is 0 Å². The van der Waals surface area contributed by atoms with Crippen LogP contribution in [-0.2, 0) is 23.9 Å². The van der Waals surface area contributed by atoms with Crippen LogP contribution in [0.4, 0.5) is 0 Å². The lowest BCUT2D eigenvalue weighted by molar-refractivity contribution is -0.155. The number of fused-ring (bicyclic) bond motifs is 2. The highest BCUT2D eigenvalue weighted by Crippen LogP contribution is 2.53. The monoisotopic (exact) mass is 432 g/mol. The molecule has 170 valence electrons. The summed E-state index contributed by atoms with van der Waals surface area (Å²) in [7, 11) is 0. The van der Waals surface area contributed by atoms with Gasteiger partial charge in [0.05, 0.1) is 18.6 Å². The zero-order chi connectivity index (χ0) is 22.4. The van der Waals surface area contributed by atoms with Gasteiger partial charge in [-0.15, -0.1) is 0 Å². The number of aliphatic hydroxyl groups is 1. The van der Waals surface area contributed by atoms with Crippen molar-refractivity contribution in [3.05, 3.63) is 24.3 Å². The van der Waals surface area contributed by atoms with Crippen molar-refractivity contribution in [2.75, 3.05) is 26.3 Å². The first kappa shape index (κ1) is 22.0. The van der Waals surface area contributed by atoms with Crippen molar-refractivity contribution >= 4 is 17.8 Å². The zero-order valence-corrected chi connectivity index (χ0v) is 18.5. The molecule has 4 rings (SSSR count). The molecule has 1 N–H and O–H groups in total. The van der Waals surface area contributed by atoms with E-state index < -0.39 is 41.1 Å². The third-order valence-electron chi connectivity index (χ3n) is 6.72. The van der Waals surface area contributed by atoms with Crippen molar-refractivity contribution in [2.45, 2.75) is 63.3 Å². The van der Waals surface area contributed by atoms with Gasteiger partial charge < -0.3 is 24.4 Å². The molecule has 1 spiro atoms. The van der Waals surface area contributed by atoms with Gasteiger partial charge in [0.15, 0.2) is 0 Å². The Morgan fingerprint density at radius 1 is 1.19 bits per heavy atom. The number of hydrogen-bond donors (Lipinski definition) is 1. The molecule has 0 radical (unpaired) electrons. The van der Waals surface area contributed by atoms with Crippen LogP contribution in [0.1, 0.15) is 40.0 Å². The summed E-state index contributed by atoms with van der Waals surface area (Å²) in [6.07, 6.45) is 8.69. The maximum atomic E-state index is 13.8. The number of aliphatic hydroxyl groups excluding tert-OH is 1. The summed E-state index contributed by atoms with van der Waals surface area (Å²) >= 11 is 0. The summed E-state index contributed by atoms with van der Waals surface area (Å²) in [5.74, 6) is -2.58. The zero-order valence-electron chi connectivity index (χ0n) is 18.5. The lowest BCUT2D eigenvalue weighted by atomic mass is 9.78. The van der Waals surface area contributed by atoms with E-state index in [4.69, 9.17) is 9.47 Å². The second kappa shape index (κ2) is 8.06. The summed E-state index contributed by atoms with van der Waals surface area (Å²) in [6, 6.07) is -0.883. The van der Waals surface area contributed by atoms with Gasteiger partial charge >= 0.3 is 5.97 Å². The number of rotatable bonds is 3. The molecule has 0 saturated carbocycles. The molecule has 0 aromatic heterocycles. The van der Waals surface area contributed by atoms with Crippen LogP contribution in [0.3, 0.4) is 0 Å². The molecule has 4 aliphatic rings. The Hall–Kier alpha value is -2.19. The molecule has 2 fully saturated rings. The van der Waals surface area contributed by atoms with Crippen molar-refractivity contribution < 1.29 is 29.0 Å². The topological polar surface area (TPSA) is 96.4 Å². The number of carbonyl (C=O) groups is 3. The second-order valence-corrected chi connectivity index (χ2v) is 9.71. The molecular weight excluding hydrogens is 400 g/mol. The van der Waals surface area contributed by atoms with E-state index in [0.717, 1.165) is 12.8 Å². The average Bonchev–Trinajstić information content (AvgIpc) is 3.10. The highest BCUT2D eigenvalue weighted by Gasteiger charge is 2.71. The minimum Gasteiger partial charge on any atom is -0.465 e. The number of carbonyl (C=O) groups excluding carboxylic acids is 3. The lowest BCUT2D eigenvalue weighted by Gasteiger charge is -2.40. The van der Waals surface area contributed by atoms with Gasteiger partial charge in [-0.2, -0.15) is 0 Å². The Labute approximate surface area is 182 Å². The van der Waals surface area contributed by atoms with Crippen LogP contribution in [0.25, 0.3) is 0 Å². The van der Waals surface area contributed by atoms with E-state index in [2.05, 4.69) is 0 Å². The molecule has 31 heavy (non-hydrogen) atoms. The molecule has 8 nitrogen and oxygen atoms in total. The molecule has 0 aromatic carbocycles. The van der Waals surface area contributed by atoms with Crippen LogP contribution < -0.4 is 0 Å². The van der Waals surface area contributed by atoms with Crippen LogP contribution in [0.15, 0.2) is 24.3 Å². The first-order valence-electron chi connectivity index (χ1n) is 11.1. The van der Waals surface area contributed by atoms with Gasteiger partial charge in [0, 0.05) is 25.2 Å². The summed E-state index contributed by atoms with van der Waals surface area (Å²) in [6.45, 7) is 6.68. The van der Waals surface area contributed by atoms with Gasteiger partial charge in [-0.05, 0) is 40.0 Å². The quantitative estimate of drug-likeness (QED) is 0.529. The number of nitrogens with zero attached hydrogens (tertiary/aromatic N) is 2. The first-order chi connectivity index (χ1) is 14.7. The lowest BCUT2D eigenvalue weighted by Crippen LogP contribution is -2.58. The molecule has 0 aromatic rings. The van der Waals surface area contributed by atoms with E-state index in [0.29, 0.717) is 19.6 Å². The van der Waals surface area contributed by atoms with Gasteiger partial charge in [-0.25, -0.2) is 0 Å². The van der Waals surface area contributed by atoms with Gasteiger partial charge in [-0.1, -0.05) is 24.3 Å². The number of esters is 1. The van der Waals surface area contributed by atoms with Crippen LogP contribution in [0, 0.1) is 11.8 Å². The second-order valence-electron chi connectivity index (χ2n) is 9.71. The van der Waals surface area contributed by atoms with Crippen molar-refractivity contribution in [2.24, 2.45) is 11.8 Å². The minimum atomic E-state index is -1.23. The number of cyclic esters (lactones) is 1. The Bertz CT molecular complexity index is 815. The van der Waals surface area contributed by atoms with Crippen LogP contribution in [-0.4, -0.2) is 82.3 Å². The molecule has 0 bridgehead atoms. The SMILES string of the molecule is CC(C)(C)N1CC=C[C@]23O[C@@H]4/C=C\CCCOC(=O)[C@@H]4[C@H]2C(=O)N(CCCO)C3C1=O. The van der Waals surface area contributed by atoms with Crippen LogP contribution in [0.5, 0.6) is 0 Å². The van der Waals surface area contributed by atoms with Crippen molar-refractivity contribution in [3.8, 4) is 0 Å². The smallest absolute Gasteiger partial charge is 0.312 e. The standard InChI is InChI=1S/C23H32N2O6/c1-22(2,3)25-12-7-10-23-17(19(27)24(11-8-13-26)18(23)20(25)28)16-15(31-23)9-5-4-6-14-30-21(16)29/h5,7,9-10,15-18,26H,4,6,8,11-14H2,1-3H3/b9-5-/t15-,16+,17+,18?,23+/m1/s1. The third-order valence-corrected chi connectivity index (χ3v) is 6.72. The normalized spacial score (nSPS) is 36.7. The predicted molar refractivity (Wildman–Crippen MR) is 112 cm³/mol. The Kier molecular flexibility index (Phi) is 5.72. The first-order valence-corrected chi connectivity index (χ1v) is 11.1. The van der Waals surface area contributed by atoms with Gasteiger partial charge in [0.1, 0.15) is 17.6 Å². The summed E-state index contributed by atoms with van der Waals surface area (Å²) in [5.41, 5.74) is -1.69. The van der Waals surface area contributed by atoms with Gasteiger partial charge in [0.2, 0.25) is 11.8 Å². The molecule has 2 amide bonds. The Balaban J connectivity index is 1.82. The van der Waals surface area contributed by atoms with E-state index in [1.165, 1.54) is 4.90 Å². The molecule has 5 atom stereocenters. The molecule has 0 aliphatic carbocycles. The summed E-state index contributed by atoms with van der Waals surface area (Å²) in [4.78, 5) is 43.8. The minimum absolute atomic E-state index is 0.0983. The number of likely N-dealkylation sites (tertiary alicyclic amines) is 1. The van der Waals surface area contributed by atoms with E-state index in [1.807, 2.05) is 45.1 Å². The highest BCUT2D eigenvalue weighted by atomic mass is 16.6. The number of allylic oxidation sites excluding steroid dienone is 1. The Morgan fingerprint density at radius 3 is 2.68 bits per heavy atom. The fraction of sp³-hybridized carbons (Fsp3) is 0.696. The molecular formula is C23H32N2O6. The third kappa shape index (κ3) is 3.49. The van der Waals surface area contributed by atoms with Gasteiger partial charge in [0.25, 0.3) is 0 Å². The van der Waals surface area contributed by atoms with E-state index in [9.17, 15) is 19.5 Å². The summed E-state index contributed by atoms with van der Waals surface area (Å²) in [5, 5.41) is 9.38. The van der Waals surface area contributed by atoms with Crippen molar-refractivity contribution in [3.63, 3.8) is 0 Å². The van der Waals surface area contributed by atoms with Crippen molar-refractivity contribution in [1.82, 2.24) is 9.80 Å². The van der Waals surface area contributed by atoms with Crippen LogP contribution >= 0.6 is 0 Å². The van der Waals surface area contributed by atoms with Crippen LogP contribution in [0.2, 0.25) is 0 Å². The number of amides is 2. The Morgan fingerprint density at radius 2 is 1.97 bits per heavy atom. The fourth-order valence-electron chi connectivity index (χ4n) is 5.34. The molecule has 8 heteroatoms. The summed E-state index contributed by atoms with van der Waals surface area (Å²) < 4.78 is 12.0. The largest absolute Gasteiger partial charge is 0.465 e. The maximum absolute atomic E-state index is 13.8. The highest BCUT2D eigenvalue weighted by molar-refractivity contribution is 5.99. The molecule has 4 heterocycles. The number of ether oxygens (including phenoxy) is 2.